The van der Waals surface area contributed by atoms with E-state index in [4.69, 9.17) is 5.10 Å². The van der Waals surface area contributed by atoms with E-state index in [1.165, 1.54) is 37.3 Å². The van der Waals surface area contributed by atoms with E-state index in [1.54, 1.807) is 0 Å². The fourth-order valence-electron chi connectivity index (χ4n) is 2.66. The Labute approximate surface area is 105 Å². The Morgan fingerprint density at radius 2 is 2.00 bits per heavy atom. The van der Waals surface area contributed by atoms with Gasteiger partial charge >= 0.3 is 0 Å². The molecule has 2 rings (SSSR count). The van der Waals surface area contributed by atoms with Crippen molar-refractivity contribution in [1.82, 2.24) is 14.7 Å². The highest BCUT2D eigenvalue weighted by molar-refractivity contribution is 5.16. The molecule has 0 aromatic carbocycles. The zero-order valence-electron chi connectivity index (χ0n) is 11.6. The normalized spacial score (nSPS) is 19.1. The van der Waals surface area contributed by atoms with Gasteiger partial charge in [-0.1, -0.05) is 6.92 Å². The third kappa shape index (κ3) is 2.71. The minimum atomic E-state index is 0.477. The number of nitrogens with zero attached hydrogens (tertiary/aromatic N) is 3. The zero-order valence-corrected chi connectivity index (χ0v) is 11.6. The maximum absolute atomic E-state index is 4.73. The Morgan fingerprint density at radius 1 is 1.35 bits per heavy atom. The molecule has 0 radical (unpaired) electrons. The molecule has 0 spiro atoms. The molecule has 3 heteroatoms. The van der Waals surface area contributed by atoms with Gasteiger partial charge in [0.1, 0.15) is 0 Å². The van der Waals surface area contributed by atoms with E-state index in [9.17, 15) is 0 Å². The molecule has 17 heavy (non-hydrogen) atoms. The molecule has 1 aromatic rings. The molecule has 2 heterocycles. The van der Waals surface area contributed by atoms with Crippen LogP contribution >= 0.6 is 0 Å². The summed E-state index contributed by atoms with van der Waals surface area (Å²) in [5.41, 5.74) is 2.71. The van der Waals surface area contributed by atoms with Crippen LogP contribution in [-0.4, -0.2) is 34.8 Å². The fourth-order valence-corrected chi connectivity index (χ4v) is 2.66. The monoisotopic (exact) mass is 235 g/mol. The van der Waals surface area contributed by atoms with E-state index in [2.05, 4.69) is 43.5 Å². The van der Waals surface area contributed by atoms with Crippen molar-refractivity contribution in [2.45, 2.75) is 52.0 Å². The van der Waals surface area contributed by atoms with E-state index in [1.807, 2.05) is 0 Å². The van der Waals surface area contributed by atoms with Gasteiger partial charge in [0, 0.05) is 17.7 Å². The maximum atomic E-state index is 4.73. The minimum absolute atomic E-state index is 0.477. The van der Waals surface area contributed by atoms with Crippen LogP contribution in [0.5, 0.6) is 0 Å². The molecular weight excluding hydrogens is 210 g/mol. The Bertz CT molecular complexity index is 360. The second-order valence-electron chi connectivity index (χ2n) is 5.53. The second kappa shape index (κ2) is 5.21. The highest BCUT2D eigenvalue weighted by atomic mass is 15.3. The Balaban J connectivity index is 2.21. The van der Waals surface area contributed by atoms with E-state index < -0.39 is 0 Å². The number of aromatic nitrogens is 2. The number of aryl methyl sites for hydroxylation is 1. The van der Waals surface area contributed by atoms with Crippen molar-refractivity contribution in [3.8, 4) is 0 Å². The lowest BCUT2D eigenvalue weighted by atomic mass is 9.93. The van der Waals surface area contributed by atoms with Gasteiger partial charge in [0.25, 0.3) is 0 Å². The SMILES string of the molecule is CCc1cc(C2CCN(C)CC2)n(C(C)C)n1. The molecule has 96 valence electrons. The van der Waals surface area contributed by atoms with E-state index >= 15 is 0 Å². The number of hydrogen-bond acceptors (Lipinski definition) is 2. The first-order chi connectivity index (χ1) is 8.11. The van der Waals surface area contributed by atoms with Crippen molar-refractivity contribution >= 4 is 0 Å². The number of likely N-dealkylation sites (tertiary alicyclic amines) is 1. The van der Waals surface area contributed by atoms with Crippen molar-refractivity contribution in [1.29, 1.82) is 0 Å². The van der Waals surface area contributed by atoms with E-state index in [0.29, 0.717) is 12.0 Å². The summed E-state index contributed by atoms with van der Waals surface area (Å²) in [6.45, 7) is 9.08. The number of hydrogen-bond donors (Lipinski definition) is 0. The molecule has 0 bridgehead atoms. The van der Waals surface area contributed by atoms with Gasteiger partial charge in [-0.3, -0.25) is 4.68 Å². The Kier molecular flexibility index (Phi) is 3.87. The molecule has 0 N–H and O–H groups in total. The molecule has 0 aliphatic carbocycles. The van der Waals surface area contributed by atoms with Gasteiger partial charge in [-0.15, -0.1) is 0 Å². The molecular formula is C14H25N3. The van der Waals surface area contributed by atoms with Gasteiger partial charge in [0.15, 0.2) is 0 Å². The number of rotatable bonds is 3. The molecule has 0 unspecified atom stereocenters. The van der Waals surface area contributed by atoms with Crippen LogP contribution in [0.3, 0.4) is 0 Å². The summed E-state index contributed by atoms with van der Waals surface area (Å²) in [5, 5.41) is 4.73. The van der Waals surface area contributed by atoms with Crippen LogP contribution in [0.1, 0.15) is 57.0 Å². The summed E-state index contributed by atoms with van der Waals surface area (Å²) in [5.74, 6) is 0.710. The first-order valence-corrected chi connectivity index (χ1v) is 6.88. The fraction of sp³-hybridized carbons (Fsp3) is 0.786. The molecule has 0 amide bonds. The largest absolute Gasteiger partial charge is 0.306 e. The quantitative estimate of drug-likeness (QED) is 0.803. The van der Waals surface area contributed by atoms with Crippen molar-refractivity contribution in [2.75, 3.05) is 20.1 Å². The average Bonchev–Trinajstić information content (AvgIpc) is 2.74. The standard InChI is InChI=1S/C14H25N3/c1-5-13-10-14(17(15-13)11(2)3)12-6-8-16(4)9-7-12/h10-12H,5-9H2,1-4H3. The van der Waals surface area contributed by atoms with Gasteiger partial charge in [-0.2, -0.15) is 5.10 Å². The molecule has 0 saturated carbocycles. The summed E-state index contributed by atoms with van der Waals surface area (Å²) in [4.78, 5) is 2.42. The van der Waals surface area contributed by atoms with Gasteiger partial charge in [0.05, 0.1) is 5.69 Å². The van der Waals surface area contributed by atoms with Crippen LogP contribution < -0.4 is 0 Å². The molecule has 1 aliphatic rings. The highest BCUT2D eigenvalue weighted by Crippen LogP contribution is 2.29. The lowest BCUT2D eigenvalue weighted by Crippen LogP contribution is -2.30. The molecule has 1 aromatic heterocycles. The van der Waals surface area contributed by atoms with Crippen LogP contribution in [0.4, 0.5) is 0 Å². The van der Waals surface area contributed by atoms with Crippen LogP contribution in [0.15, 0.2) is 6.07 Å². The Morgan fingerprint density at radius 3 is 2.53 bits per heavy atom. The molecule has 1 fully saturated rings. The third-order valence-corrected chi connectivity index (χ3v) is 3.80. The highest BCUT2D eigenvalue weighted by Gasteiger charge is 2.23. The molecule has 3 nitrogen and oxygen atoms in total. The zero-order chi connectivity index (χ0) is 12.4. The van der Waals surface area contributed by atoms with Crippen LogP contribution in [0.2, 0.25) is 0 Å². The summed E-state index contributed by atoms with van der Waals surface area (Å²) in [6.07, 6.45) is 3.59. The Hall–Kier alpha value is -0.830. The topological polar surface area (TPSA) is 21.1 Å². The summed E-state index contributed by atoms with van der Waals surface area (Å²) in [7, 11) is 2.22. The van der Waals surface area contributed by atoms with E-state index in [-0.39, 0.29) is 0 Å². The summed E-state index contributed by atoms with van der Waals surface area (Å²) in [6, 6.07) is 2.81. The summed E-state index contributed by atoms with van der Waals surface area (Å²) < 4.78 is 2.24. The van der Waals surface area contributed by atoms with Gasteiger partial charge in [0.2, 0.25) is 0 Å². The maximum Gasteiger partial charge on any atom is 0.0625 e. The first kappa shape index (κ1) is 12.6. The van der Waals surface area contributed by atoms with Crippen molar-refractivity contribution < 1.29 is 0 Å². The molecule has 0 atom stereocenters. The van der Waals surface area contributed by atoms with Crippen molar-refractivity contribution in [3.63, 3.8) is 0 Å². The lowest BCUT2D eigenvalue weighted by Gasteiger charge is -2.29. The van der Waals surface area contributed by atoms with Gasteiger partial charge in [-0.05, 0) is 59.3 Å². The third-order valence-electron chi connectivity index (χ3n) is 3.80. The number of piperidine rings is 1. The average molecular weight is 235 g/mol. The smallest absolute Gasteiger partial charge is 0.0625 e. The van der Waals surface area contributed by atoms with Crippen LogP contribution in [0.25, 0.3) is 0 Å². The predicted octanol–water partition coefficient (Wildman–Crippen LogP) is 2.84. The lowest BCUT2D eigenvalue weighted by molar-refractivity contribution is 0.248. The van der Waals surface area contributed by atoms with Crippen LogP contribution in [0, 0.1) is 0 Å². The molecule has 1 saturated heterocycles. The second-order valence-corrected chi connectivity index (χ2v) is 5.53. The van der Waals surface area contributed by atoms with E-state index in [0.717, 1.165) is 6.42 Å². The van der Waals surface area contributed by atoms with Crippen molar-refractivity contribution in [2.24, 2.45) is 0 Å². The first-order valence-electron chi connectivity index (χ1n) is 6.88. The minimum Gasteiger partial charge on any atom is -0.306 e. The van der Waals surface area contributed by atoms with Gasteiger partial charge in [-0.25, -0.2) is 0 Å². The molecule has 1 aliphatic heterocycles. The van der Waals surface area contributed by atoms with Crippen molar-refractivity contribution in [3.05, 3.63) is 17.5 Å². The van der Waals surface area contributed by atoms with Crippen LogP contribution in [-0.2, 0) is 6.42 Å². The summed E-state index contributed by atoms with van der Waals surface area (Å²) >= 11 is 0. The predicted molar refractivity (Wildman–Crippen MR) is 71.5 cm³/mol. The van der Waals surface area contributed by atoms with Gasteiger partial charge < -0.3 is 4.90 Å².